The molecule has 5 heteroatoms. The van der Waals surface area contributed by atoms with Crippen molar-refractivity contribution in [1.29, 1.82) is 0 Å². The fourth-order valence-electron chi connectivity index (χ4n) is 2.35. The second kappa shape index (κ2) is 5.25. The normalized spacial score (nSPS) is 24.5. The number of hydrogen-bond acceptors (Lipinski definition) is 3. The van der Waals surface area contributed by atoms with E-state index in [9.17, 15) is 15.2 Å². The van der Waals surface area contributed by atoms with Crippen LogP contribution in [0.1, 0.15) is 18.4 Å². The van der Waals surface area contributed by atoms with Crippen LogP contribution in [0.3, 0.4) is 0 Å². The van der Waals surface area contributed by atoms with Crippen molar-refractivity contribution >= 4 is 5.69 Å². The van der Waals surface area contributed by atoms with E-state index in [-0.39, 0.29) is 16.7 Å². The molecule has 1 fully saturated rings. The highest BCUT2D eigenvalue weighted by Crippen LogP contribution is 2.12. The molecule has 0 spiro atoms. The molecule has 5 nitrogen and oxygen atoms in total. The van der Waals surface area contributed by atoms with Crippen molar-refractivity contribution in [3.8, 4) is 0 Å². The Labute approximate surface area is 99.8 Å². The number of rotatable bonds is 3. The highest BCUT2D eigenvalue weighted by Gasteiger charge is 2.21. The number of nitro groups is 1. The Morgan fingerprint density at radius 3 is 3.06 bits per heavy atom. The van der Waals surface area contributed by atoms with Crippen LogP contribution in [-0.4, -0.2) is 29.2 Å². The van der Waals surface area contributed by atoms with Crippen LogP contribution in [0.15, 0.2) is 24.3 Å². The van der Waals surface area contributed by atoms with Crippen molar-refractivity contribution in [1.82, 2.24) is 0 Å². The van der Waals surface area contributed by atoms with Gasteiger partial charge in [0.05, 0.1) is 11.5 Å². The van der Waals surface area contributed by atoms with E-state index >= 15 is 0 Å². The number of aliphatic hydroxyl groups excluding tert-OH is 1. The molecule has 1 aliphatic rings. The molecular weight excluding hydrogens is 220 g/mol. The molecule has 0 aliphatic carbocycles. The average Bonchev–Trinajstić information content (AvgIpc) is 2.29. The average molecular weight is 237 g/mol. The topological polar surface area (TPSA) is 67.8 Å². The van der Waals surface area contributed by atoms with Crippen LogP contribution >= 0.6 is 0 Å². The third-order valence-electron chi connectivity index (χ3n) is 3.17. The quantitative estimate of drug-likeness (QED) is 0.580. The summed E-state index contributed by atoms with van der Waals surface area (Å²) in [6, 6.07) is 6.74. The van der Waals surface area contributed by atoms with E-state index in [2.05, 4.69) is 0 Å². The van der Waals surface area contributed by atoms with Crippen LogP contribution in [0.5, 0.6) is 0 Å². The maximum absolute atomic E-state index is 10.7. The van der Waals surface area contributed by atoms with Gasteiger partial charge in [-0.3, -0.25) is 10.1 Å². The molecule has 1 heterocycles. The molecule has 2 rings (SSSR count). The minimum absolute atomic E-state index is 0.138. The van der Waals surface area contributed by atoms with Gasteiger partial charge in [0.1, 0.15) is 19.2 Å². The van der Waals surface area contributed by atoms with Crippen LogP contribution in [0.25, 0.3) is 0 Å². The predicted octanol–water partition coefficient (Wildman–Crippen LogP) is 0.134. The van der Waals surface area contributed by atoms with Crippen LogP contribution in [0, 0.1) is 10.1 Å². The molecule has 1 saturated heterocycles. The van der Waals surface area contributed by atoms with Crippen molar-refractivity contribution in [2.75, 3.05) is 13.1 Å². The van der Waals surface area contributed by atoms with Crippen molar-refractivity contribution in [2.45, 2.75) is 25.5 Å². The van der Waals surface area contributed by atoms with Gasteiger partial charge in [-0.25, -0.2) is 0 Å². The Balaban J connectivity index is 2.02. The summed E-state index contributed by atoms with van der Waals surface area (Å²) < 4.78 is 0. The minimum atomic E-state index is -0.371. The maximum atomic E-state index is 10.7. The first-order valence-corrected chi connectivity index (χ1v) is 5.90. The zero-order valence-electron chi connectivity index (χ0n) is 9.63. The number of hydrogen-bond donors (Lipinski definition) is 2. The van der Waals surface area contributed by atoms with Gasteiger partial charge in [-0.15, -0.1) is 0 Å². The number of nitrogens with one attached hydrogen (secondary N) is 1. The third-order valence-corrected chi connectivity index (χ3v) is 3.17. The van der Waals surface area contributed by atoms with E-state index in [0.717, 1.165) is 38.0 Å². The van der Waals surface area contributed by atoms with E-state index in [1.165, 1.54) is 11.0 Å². The van der Waals surface area contributed by atoms with Crippen molar-refractivity contribution < 1.29 is 14.9 Å². The highest BCUT2D eigenvalue weighted by molar-refractivity contribution is 5.33. The number of aliphatic hydroxyl groups is 1. The Hall–Kier alpha value is -1.46. The number of non-ortho nitro benzene ring substituents is 1. The van der Waals surface area contributed by atoms with Gasteiger partial charge in [0, 0.05) is 17.7 Å². The second-order valence-electron chi connectivity index (χ2n) is 4.60. The van der Waals surface area contributed by atoms with Crippen LogP contribution < -0.4 is 4.90 Å². The summed E-state index contributed by atoms with van der Waals surface area (Å²) in [6.07, 6.45) is 1.67. The van der Waals surface area contributed by atoms with Crippen LogP contribution in [-0.2, 0) is 6.54 Å². The number of piperidine rings is 1. The van der Waals surface area contributed by atoms with Gasteiger partial charge in [0.2, 0.25) is 0 Å². The van der Waals surface area contributed by atoms with Gasteiger partial charge in [0.15, 0.2) is 0 Å². The molecule has 0 radical (unpaired) electrons. The van der Waals surface area contributed by atoms with Crippen molar-refractivity contribution in [3.05, 3.63) is 39.9 Å². The standard InChI is InChI=1S/C12H16N2O3/c15-12-5-2-6-13(9-12)8-10-3-1-4-11(7-10)14(16)17/h1,3-4,7,12,15H,2,5-6,8-9H2/p+1/t12-/m0/s1. The first-order chi connectivity index (χ1) is 8.15. The molecule has 17 heavy (non-hydrogen) atoms. The van der Waals surface area contributed by atoms with Crippen LogP contribution in [0.4, 0.5) is 5.69 Å². The van der Waals surface area contributed by atoms with Gasteiger partial charge in [-0.1, -0.05) is 12.1 Å². The molecular formula is C12H17N2O3+. The molecule has 0 saturated carbocycles. The van der Waals surface area contributed by atoms with E-state index in [4.69, 9.17) is 0 Å². The Morgan fingerprint density at radius 2 is 2.35 bits per heavy atom. The third kappa shape index (κ3) is 3.25. The van der Waals surface area contributed by atoms with E-state index in [1.54, 1.807) is 12.1 Å². The van der Waals surface area contributed by atoms with E-state index in [1.807, 2.05) is 6.07 Å². The minimum Gasteiger partial charge on any atom is -0.387 e. The number of benzene rings is 1. The lowest BCUT2D eigenvalue weighted by Gasteiger charge is -2.26. The molecule has 1 aromatic rings. The lowest BCUT2D eigenvalue weighted by molar-refractivity contribution is -0.921. The summed E-state index contributed by atoms with van der Waals surface area (Å²) in [7, 11) is 0. The Morgan fingerprint density at radius 1 is 1.53 bits per heavy atom. The second-order valence-corrected chi connectivity index (χ2v) is 4.60. The van der Waals surface area contributed by atoms with Gasteiger partial charge in [-0.05, 0) is 12.8 Å². The molecule has 1 aromatic carbocycles. The van der Waals surface area contributed by atoms with E-state index < -0.39 is 0 Å². The molecule has 1 aliphatic heterocycles. The van der Waals surface area contributed by atoms with E-state index in [0.29, 0.717) is 0 Å². The SMILES string of the molecule is O=[N+]([O-])c1cccc(C[NH+]2CCC[C@H](O)C2)c1. The lowest BCUT2D eigenvalue weighted by atomic mass is 10.1. The molecule has 0 aromatic heterocycles. The number of likely N-dealkylation sites (tertiary alicyclic amines) is 1. The molecule has 0 amide bonds. The number of nitrogens with zero attached hydrogens (tertiary/aromatic N) is 1. The fourth-order valence-corrected chi connectivity index (χ4v) is 2.35. The lowest BCUT2D eigenvalue weighted by Crippen LogP contribution is -3.12. The summed E-state index contributed by atoms with van der Waals surface area (Å²) in [5.74, 6) is 0. The number of quaternary nitrogens is 1. The Kier molecular flexibility index (Phi) is 3.71. The highest BCUT2D eigenvalue weighted by atomic mass is 16.6. The zero-order valence-corrected chi connectivity index (χ0v) is 9.63. The van der Waals surface area contributed by atoms with Gasteiger partial charge in [0.25, 0.3) is 5.69 Å². The molecule has 0 bridgehead atoms. The van der Waals surface area contributed by atoms with Crippen LogP contribution in [0.2, 0.25) is 0 Å². The molecule has 2 atom stereocenters. The molecule has 1 unspecified atom stereocenters. The van der Waals surface area contributed by atoms with Gasteiger partial charge < -0.3 is 10.0 Å². The summed E-state index contributed by atoms with van der Waals surface area (Å²) >= 11 is 0. The number of nitro benzene ring substituents is 1. The smallest absolute Gasteiger partial charge is 0.269 e. The fraction of sp³-hybridized carbons (Fsp3) is 0.500. The Bertz CT molecular complexity index is 408. The molecule has 92 valence electrons. The van der Waals surface area contributed by atoms with Gasteiger partial charge in [-0.2, -0.15) is 0 Å². The van der Waals surface area contributed by atoms with Gasteiger partial charge >= 0.3 is 0 Å². The van der Waals surface area contributed by atoms with Crippen molar-refractivity contribution in [2.24, 2.45) is 0 Å². The monoisotopic (exact) mass is 237 g/mol. The van der Waals surface area contributed by atoms with Crippen molar-refractivity contribution in [3.63, 3.8) is 0 Å². The zero-order chi connectivity index (χ0) is 12.3. The molecule has 2 N–H and O–H groups in total. The maximum Gasteiger partial charge on any atom is 0.269 e. The summed E-state index contributed by atoms with van der Waals surface area (Å²) in [4.78, 5) is 11.6. The predicted molar refractivity (Wildman–Crippen MR) is 62.7 cm³/mol. The summed E-state index contributed by atoms with van der Waals surface area (Å²) in [6.45, 7) is 2.52. The first kappa shape index (κ1) is 12.0. The summed E-state index contributed by atoms with van der Waals surface area (Å²) in [5.41, 5.74) is 1.10. The first-order valence-electron chi connectivity index (χ1n) is 5.90. The summed E-state index contributed by atoms with van der Waals surface area (Å²) in [5, 5.41) is 20.2. The largest absolute Gasteiger partial charge is 0.387 e.